The number of hydrogen-bond donors (Lipinski definition) is 0. The summed E-state index contributed by atoms with van der Waals surface area (Å²) in [6.45, 7) is 0. The molecule has 106 valence electrons. The van der Waals surface area contributed by atoms with Gasteiger partial charge in [-0.2, -0.15) is 5.26 Å². The Morgan fingerprint density at radius 1 is 1.10 bits per heavy atom. The molecule has 21 heavy (non-hydrogen) atoms. The molecule has 0 fully saturated rings. The number of nitrogens with zero attached hydrogens (tertiary/aromatic N) is 1. The summed E-state index contributed by atoms with van der Waals surface area (Å²) in [5, 5.41) is 8.77. The SMILES string of the molecule is COc1cc(C#N)ccc1OC(=O)c1cc(F)cc(F)c1. The van der Waals surface area contributed by atoms with Crippen molar-refractivity contribution in [3.05, 3.63) is 59.2 Å². The highest BCUT2D eigenvalue weighted by Crippen LogP contribution is 2.28. The van der Waals surface area contributed by atoms with Crippen LogP contribution in [0.1, 0.15) is 15.9 Å². The number of esters is 1. The molecule has 0 N–H and O–H groups in total. The zero-order chi connectivity index (χ0) is 15.4. The molecule has 0 aliphatic carbocycles. The molecule has 0 heterocycles. The molecule has 4 nitrogen and oxygen atoms in total. The Bertz CT molecular complexity index is 718. The summed E-state index contributed by atoms with van der Waals surface area (Å²) in [6, 6.07) is 8.46. The predicted molar refractivity (Wildman–Crippen MR) is 69.0 cm³/mol. The summed E-state index contributed by atoms with van der Waals surface area (Å²) in [5.41, 5.74) is 0.0577. The van der Waals surface area contributed by atoms with Crippen molar-refractivity contribution in [3.63, 3.8) is 0 Å². The molecule has 2 rings (SSSR count). The maximum absolute atomic E-state index is 13.1. The fourth-order valence-electron chi connectivity index (χ4n) is 1.65. The van der Waals surface area contributed by atoms with Crippen LogP contribution in [-0.4, -0.2) is 13.1 Å². The van der Waals surface area contributed by atoms with E-state index in [9.17, 15) is 13.6 Å². The molecule has 0 unspecified atom stereocenters. The van der Waals surface area contributed by atoms with Crippen LogP contribution in [0.5, 0.6) is 11.5 Å². The first-order valence-electron chi connectivity index (χ1n) is 5.80. The molecular weight excluding hydrogens is 280 g/mol. The van der Waals surface area contributed by atoms with Gasteiger partial charge in [0.25, 0.3) is 0 Å². The van der Waals surface area contributed by atoms with Gasteiger partial charge in [-0.1, -0.05) is 0 Å². The van der Waals surface area contributed by atoms with E-state index in [0.717, 1.165) is 12.1 Å². The van der Waals surface area contributed by atoms with Gasteiger partial charge in [0, 0.05) is 12.1 Å². The summed E-state index contributed by atoms with van der Waals surface area (Å²) < 4.78 is 36.1. The van der Waals surface area contributed by atoms with Crippen LogP contribution < -0.4 is 9.47 Å². The zero-order valence-electron chi connectivity index (χ0n) is 10.9. The van der Waals surface area contributed by atoms with Gasteiger partial charge in [-0.05, 0) is 24.3 Å². The van der Waals surface area contributed by atoms with Gasteiger partial charge >= 0.3 is 5.97 Å². The largest absolute Gasteiger partial charge is 0.493 e. The Labute approximate surface area is 119 Å². The highest BCUT2D eigenvalue weighted by atomic mass is 19.1. The first-order chi connectivity index (χ1) is 10.0. The van der Waals surface area contributed by atoms with Crippen LogP contribution in [0.2, 0.25) is 0 Å². The molecule has 0 amide bonds. The molecular formula is C15H9F2NO3. The number of ether oxygens (including phenoxy) is 2. The third-order valence-corrected chi connectivity index (χ3v) is 2.59. The Morgan fingerprint density at radius 3 is 2.33 bits per heavy atom. The van der Waals surface area contributed by atoms with E-state index in [1.54, 1.807) is 0 Å². The number of methoxy groups -OCH3 is 1. The first-order valence-corrected chi connectivity index (χ1v) is 5.80. The Balaban J connectivity index is 2.29. The van der Waals surface area contributed by atoms with E-state index >= 15 is 0 Å². The second-order valence-corrected chi connectivity index (χ2v) is 4.03. The molecule has 0 saturated heterocycles. The van der Waals surface area contributed by atoms with Gasteiger partial charge in [-0.25, -0.2) is 13.6 Å². The van der Waals surface area contributed by atoms with E-state index in [2.05, 4.69) is 0 Å². The molecule has 0 bridgehead atoms. The molecule has 0 aliphatic rings. The van der Waals surface area contributed by atoms with Gasteiger partial charge in [0.1, 0.15) is 11.6 Å². The number of benzene rings is 2. The fourth-order valence-corrected chi connectivity index (χ4v) is 1.65. The minimum absolute atomic E-state index is 0.0474. The van der Waals surface area contributed by atoms with E-state index in [0.29, 0.717) is 11.6 Å². The molecule has 0 radical (unpaired) electrons. The predicted octanol–water partition coefficient (Wildman–Crippen LogP) is 3.06. The molecule has 6 heteroatoms. The van der Waals surface area contributed by atoms with E-state index in [-0.39, 0.29) is 17.1 Å². The maximum atomic E-state index is 13.1. The molecule has 2 aromatic carbocycles. The molecule has 0 saturated carbocycles. The van der Waals surface area contributed by atoms with Gasteiger partial charge in [-0.15, -0.1) is 0 Å². The minimum atomic E-state index is -0.934. The lowest BCUT2D eigenvalue weighted by Crippen LogP contribution is -2.10. The van der Waals surface area contributed by atoms with Crippen molar-refractivity contribution in [1.29, 1.82) is 5.26 Å². The van der Waals surface area contributed by atoms with E-state index in [1.807, 2.05) is 6.07 Å². The second kappa shape index (κ2) is 6.01. The van der Waals surface area contributed by atoms with Gasteiger partial charge in [0.2, 0.25) is 0 Å². The Hall–Kier alpha value is -2.94. The van der Waals surface area contributed by atoms with Gasteiger partial charge in [-0.3, -0.25) is 0 Å². The normalized spacial score (nSPS) is 9.81. The molecule has 0 atom stereocenters. The third kappa shape index (κ3) is 3.34. The lowest BCUT2D eigenvalue weighted by atomic mass is 10.2. The minimum Gasteiger partial charge on any atom is -0.493 e. The van der Waals surface area contributed by atoms with E-state index in [1.165, 1.54) is 25.3 Å². The molecule has 0 aliphatic heterocycles. The summed E-state index contributed by atoms with van der Waals surface area (Å²) in [6.07, 6.45) is 0. The van der Waals surface area contributed by atoms with Crippen molar-refractivity contribution in [1.82, 2.24) is 0 Å². The monoisotopic (exact) mass is 289 g/mol. The summed E-state index contributed by atoms with van der Waals surface area (Å²) in [4.78, 5) is 11.9. The maximum Gasteiger partial charge on any atom is 0.343 e. The van der Waals surface area contributed by atoms with Crippen molar-refractivity contribution in [2.45, 2.75) is 0 Å². The van der Waals surface area contributed by atoms with E-state index < -0.39 is 17.6 Å². The van der Waals surface area contributed by atoms with Crippen LogP contribution in [-0.2, 0) is 0 Å². The molecule has 2 aromatic rings. The number of nitriles is 1. The van der Waals surface area contributed by atoms with Crippen molar-refractivity contribution in [2.75, 3.05) is 7.11 Å². The summed E-state index contributed by atoms with van der Waals surface area (Å²) in [7, 11) is 1.34. The molecule has 0 spiro atoms. The standard InChI is InChI=1S/C15H9F2NO3/c1-20-14-4-9(8-18)2-3-13(14)21-15(19)10-5-11(16)7-12(17)6-10/h2-7H,1H3. The average molecular weight is 289 g/mol. The quantitative estimate of drug-likeness (QED) is 0.643. The van der Waals surface area contributed by atoms with Crippen molar-refractivity contribution >= 4 is 5.97 Å². The van der Waals surface area contributed by atoms with Crippen molar-refractivity contribution in [2.24, 2.45) is 0 Å². The van der Waals surface area contributed by atoms with E-state index in [4.69, 9.17) is 14.7 Å². The smallest absolute Gasteiger partial charge is 0.343 e. The summed E-state index contributed by atoms with van der Waals surface area (Å²) in [5.74, 6) is -2.48. The third-order valence-electron chi connectivity index (χ3n) is 2.59. The first kappa shape index (κ1) is 14.5. The van der Waals surface area contributed by atoms with Crippen molar-refractivity contribution < 1.29 is 23.0 Å². The van der Waals surface area contributed by atoms with Crippen LogP contribution in [0.15, 0.2) is 36.4 Å². The molecule has 0 aromatic heterocycles. The van der Waals surface area contributed by atoms with Crippen LogP contribution in [0.3, 0.4) is 0 Å². The second-order valence-electron chi connectivity index (χ2n) is 4.03. The van der Waals surface area contributed by atoms with Crippen LogP contribution >= 0.6 is 0 Å². The van der Waals surface area contributed by atoms with Gasteiger partial charge < -0.3 is 9.47 Å². The summed E-state index contributed by atoms with van der Waals surface area (Å²) >= 11 is 0. The number of carbonyl (C=O) groups is 1. The number of rotatable bonds is 3. The highest BCUT2D eigenvalue weighted by Gasteiger charge is 2.15. The Kier molecular flexibility index (Phi) is 4.14. The van der Waals surface area contributed by atoms with Gasteiger partial charge in [0.05, 0.1) is 24.3 Å². The number of hydrogen-bond acceptors (Lipinski definition) is 4. The topological polar surface area (TPSA) is 59.3 Å². The van der Waals surface area contributed by atoms with Crippen LogP contribution in [0.4, 0.5) is 8.78 Å². The zero-order valence-corrected chi connectivity index (χ0v) is 10.9. The average Bonchev–Trinajstić information content (AvgIpc) is 2.46. The van der Waals surface area contributed by atoms with Crippen LogP contribution in [0, 0.1) is 23.0 Å². The van der Waals surface area contributed by atoms with Gasteiger partial charge in [0.15, 0.2) is 11.5 Å². The fraction of sp³-hybridized carbons (Fsp3) is 0.0667. The lowest BCUT2D eigenvalue weighted by molar-refractivity contribution is 0.0728. The number of carbonyl (C=O) groups excluding carboxylic acids is 1. The highest BCUT2D eigenvalue weighted by molar-refractivity contribution is 5.91. The Morgan fingerprint density at radius 2 is 1.76 bits per heavy atom. The van der Waals surface area contributed by atoms with Crippen LogP contribution in [0.25, 0.3) is 0 Å². The lowest BCUT2D eigenvalue weighted by Gasteiger charge is -2.09. The number of halogens is 2. The van der Waals surface area contributed by atoms with Crippen molar-refractivity contribution in [3.8, 4) is 17.6 Å².